The molecule has 2 fully saturated rings. The van der Waals surface area contributed by atoms with Crippen molar-refractivity contribution in [3.05, 3.63) is 27.5 Å². The Morgan fingerprint density at radius 1 is 1.53 bits per heavy atom. The first-order valence-electron chi connectivity index (χ1n) is 6.41. The van der Waals surface area contributed by atoms with Crippen molar-refractivity contribution in [2.24, 2.45) is 0 Å². The van der Waals surface area contributed by atoms with Gasteiger partial charge in [0.05, 0.1) is 28.8 Å². The summed E-state index contributed by atoms with van der Waals surface area (Å²) in [7, 11) is 0. The van der Waals surface area contributed by atoms with Gasteiger partial charge in [0.1, 0.15) is 5.15 Å². The summed E-state index contributed by atoms with van der Waals surface area (Å²) in [6, 6.07) is 1.91. The van der Waals surface area contributed by atoms with Crippen molar-refractivity contribution in [1.29, 1.82) is 0 Å². The molecule has 1 aliphatic carbocycles. The minimum atomic E-state index is 0.0105. The lowest BCUT2D eigenvalue weighted by Crippen LogP contribution is -2.51. The van der Waals surface area contributed by atoms with Gasteiger partial charge in [-0.15, -0.1) is 0 Å². The molecule has 0 aromatic carbocycles. The van der Waals surface area contributed by atoms with Crippen LogP contribution in [-0.2, 0) is 4.74 Å². The van der Waals surface area contributed by atoms with E-state index >= 15 is 0 Å². The van der Waals surface area contributed by atoms with Gasteiger partial charge in [-0.3, -0.25) is 4.79 Å². The van der Waals surface area contributed by atoms with Gasteiger partial charge in [0.2, 0.25) is 0 Å². The number of fused-ring (bicyclic) bond motifs is 1. The van der Waals surface area contributed by atoms with E-state index in [1.807, 2.05) is 4.90 Å². The van der Waals surface area contributed by atoms with E-state index < -0.39 is 0 Å². The highest BCUT2D eigenvalue weighted by Crippen LogP contribution is 2.32. The van der Waals surface area contributed by atoms with Crippen LogP contribution in [0.3, 0.4) is 0 Å². The van der Waals surface area contributed by atoms with Gasteiger partial charge in [-0.1, -0.05) is 11.6 Å². The first-order chi connectivity index (χ1) is 9.18. The first kappa shape index (κ1) is 13.3. The zero-order valence-electron chi connectivity index (χ0n) is 10.3. The summed E-state index contributed by atoms with van der Waals surface area (Å²) < 4.78 is 6.30. The molecule has 3 rings (SSSR count). The van der Waals surface area contributed by atoms with E-state index in [9.17, 15) is 4.79 Å². The fraction of sp³-hybridized carbons (Fsp3) is 0.538. The Balaban J connectivity index is 1.88. The molecular weight excluding hydrogens is 332 g/mol. The number of hydrogen-bond donors (Lipinski definition) is 0. The summed E-state index contributed by atoms with van der Waals surface area (Å²) in [5.41, 5.74) is 0.576. The Hall–Kier alpha value is -0.650. The second-order valence-electron chi connectivity index (χ2n) is 4.87. The van der Waals surface area contributed by atoms with Crippen LogP contribution >= 0.6 is 27.5 Å². The topological polar surface area (TPSA) is 42.4 Å². The van der Waals surface area contributed by atoms with E-state index in [2.05, 4.69) is 20.9 Å². The molecule has 2 heterocycles. The molecule has 1 saturated carbocycles. The summed E-state index contributed by atoms with van der Waals surface area (Å²) >= 11 is 9.30. The zero-order chi connectivity index (χ0) is 13.4. The molecule has 1 aromatic rings. The van der Waals surface area contributed by atoms with Gasteiger partial charge in [-0.25, -0.2) is 4.98 Å². The molecule has 2 atom stereocenters. The maximum absolute atomic E-state index is 12.7. The van der Waals surface area contributed by atoms with Crippen LogP contribution in [0.5, 0.6) is 0 Å². The molecular formula is C13H14BrClN2O2. The quantitative estimate of drug-likeness (QED) is 0.735. The Kier molecular flexibility index (Phi) is 3.78. The molecule has 0 unspecified atom stereocenters. The Labute approximate surface area is 125 Å². The summed E-state index contributed by atoms with van der Waals surface area (Å²) in [6.45, 7) is 1.26. The largest absolute Gasteiger partial charge is 0.374 e. The number of rotatable bonds is 1. The number of morpholine rings is 1. The smallest absolute Gasteiger partial charge is 0.255 e. The van der Waals surface area contributed by atoms with Crippen molar-refractivity contribution >= 4 is 33.4 Å². The van der Waals surface area contributed by atoms with Gasteiger partial charge in [0, 0.05) is 12.7 Å². The second-order valence-corrected chi connectivity index (χ2v) is 6.02. The molecule has 0 bridgehead atoms. The summed E-state index contributed by atoms with van der Waals surface area (Å²) in [5.74, 6) is 0.0105. The molecule has 0 N–H and O–H groups in total. The van der Waals surface area contributed by atoms with Crippen molar-refractivity contribution in [2.45, 2.75) is 31.4 Å². The van der Waals surface area contributed by atoms with Gasteiger partial charge < -0.3 is 9.64 Å². The lowest BCUT2D eigenvalue weighted by atomic mass is 10.1. The van der Waals surface area contributed by atoms with Crippen molar-refractivity contribution in [3.63, 3.8) is 0 Å². The minimum Gasteiger partial charge on any atom is -0.374 e. The van der Waals surface area contributed by atoms with Crippen LogP contribution in [0.1, 0.15) is 29.6 Å². The standard InChI is InChI=1S/C13H14BrClN2O2/c14-11-8(4-5-16-12(11)15)13(18)17-6-7-19-10-3-1-2-9(10)17/h4-5,9-10H,1-3,6-7H2/t9-,10+/m0/s1. The summed E-state index contributed by atoms with van der Waals surface area (Å²) in [4.78, 5) is 18.6. The molecule has 1 saturated heterocycles. The van der Waals surface area contributed by atoms with Gasteiger partial charge >= 0.3 is 0 Å². The fourth-order valence-corrected chi connectivity index (χ4v) is 3.48. The molecule has 1 amide bonds. The average molecular weight is 346 g/mol. The minimum absolute atomic E-state index is 0.0105. The number of nitrogens with zero attached hydrogens (tertiary/aromatic N) is 2. The molecule has 102 valence electrons. The molecule has 6 heteroatoms. The van der Waals surface area contributed by atoms with Gasteiger partial charge in [0.25, 0.3) is 5.91 Å². The molecule has 1 aromatic heterocycles. The third-order valence-corrected chi connectivity index (χ3v) is 5.14. The van der Waals surface area contributed by atoms with Crippen molar-refractivity contribution in [2.75, 3.05) is 13.2 Å². The number of carbonyl (C=O) groups is 1. The number of aromatic nitrogens is 1. The highest BCUT2D eigenvalue weighted by atomic mass is 79.9. The lowest BCUT2D eigenvalue weighted by molar-refractivity contribution is -0.0445. The maximum atomic E-state index is 12.7. The molecule has 0 spiro atoms. The third-order valence-electron chi connectivity index (χ3n) is 3.82. The second kappa shape index (κ2) is 5.38. The molecule has 19 heavy (non-hydrogen) atoms. The van der Waals surface area contributed by atoms with Crippen LogP contribution in [0.4, 0.5) is 0 Å². The predicted octanol–water partition coefficient (Wildman–Crippen LogP) is 2.89. The maximum Gasteiger partial charge on any atom is 0.255 e. The zero-order valence-corrected chi connectivity index (χ0v) is 12.7. The van der Waals surface area contributed by atoms with Gasteiger partial charge in [-0.05, 0) is 41.3 Å². The van der Waals surface area contributed by atoms with E-state index in [0.717, 1.165) is 19.3 Å². The lowest BCUT2D eigenvalue weighted by Gasteiger charge is -2.37. The van der Waals surface area contributed by atoms with Crippen molar-refractivity contribution in [3.8, 4) is 0 Å². The van der Waals surface area contributed by atoms with Crippen LogP contribution < -0.4 is 0 Å². The molecule has 0 radical (unpaired) electrons. The van der Waals surface area contributed by atoms with E-state index in [1.165, 1.54) is 0 Å². The Morgan fingerprint density at radius 3 is 3.21 bits per heavy atom. The van der Waals surface area contributed by atoms with Crippen LogP contribution in [0.2, 0.25) is 5.15 Å². The molecule has 2 aliphatic rings. The first-order valence-corrected chi connectivity index (χ1v) is 7.58. The van der Waals surface area contributed by atoms with E-state index in [-0.39, 0.29) is 18.1 Å². The highest BCUT2D eigenvalue weighted by molar-refractivity contribution is 9.10. The molecule has 1 aliphatic heterocycles. The van der Waals surface area contributed by atoms with E-state index in [4.69, 9.17) is 16.3 Å². The van der Waals surface area contributed by atoms with Crippen LogP contribution in [-0.4, -0.2) is 41.1 Å². The molecule has 4 nitrogen and oxygen atoms in total. The number of carbonyl (C=O) groups excluding carboxylic acids is 1. The normalized spacial score (nSPS) is 26.3. The van der Waals surface area contributed by atoms with Crippen LogP contribution in [0.15, 0.2) is 16.7 Å². The van der Waals surface area contributed by atoms with Crippen molar-refractivity contribution < 1.29 is 9.53 Å². The van der Waals surface area contributed by atoms with E-state index in [1.54, 1.807) is 12.3 Å². The van der Waals surface area contributed by atoms with Crippen molar-refractivity contribution in [1.82, 2.24) is 9.88 Å². The Morgan fingerprint density at radius 2 is 2.37 bits per heavy atom. The Bertz CT molecular complexity index is 511. The van der Waals surface area contributed by atoms with Crippen LogP contribution in [0, 0.1) is 0 Å². The summed E-state index contributed by atoms with van der Waals surface area (Å²) in [6.07, 6.45) is 4.96. The average Bonchev–Trinajstić information content (AvgIpc) is 2.89. The SMILES string of the molecule is O=C(c1ccnc(Cl)c1Br)N1CCO[C@@H]2CCC[C@@H]21. The predicted molar refractivity (Wildman–Crippen MR) is 75.4 cm³/mol. The number of pyridine rings is 1. The van der Waals surface area contributed by atoms with E-state index in [0.29, 0.717) is 28.3 Å². The van der Waals surface area contributed by atoms with Gasteiger partial charge in [0.15, 0.2) is 0 Å². The third kappa shape index (κ3) is 2.39. The number of hydrogen-bond acceptors (Lipinski definition) is 3. The summed E-state index contributed by atoms with van der Waals surface area (Å²) in [5, 5.41) is 0.321. The fourth-order valence-electron chi connectivity index (χ4n) is 2.92. The van der Waals surface area contributed by atoms with Gasteiger partial charge in [-0.2, -0.15) is 0 Å². The number of halogens is 2. The highest BCUT2D eigenvalue weighted by Gasteiger charge is 2.39. The monoisotopic (exact) mass is 344 g/mol. The number of ether oxygens (including phenoxy) is 1. The van der Waals surface area contributed by atoms with Crippen LogP contribution in [0.25, 0.3) is 0 Å². The number of amides is 1.